The van der Waals surface area contributed by atoms with E-state index in [2.05, 4.69) is 31.3 Å². The molecule has 0 aliphatic heterocycles. The van der Waals surface area contributed by atoms with Gasteiger partial charge < -0.3 is 28.8 Å². The second-order valence-corrected chi connectivity index (χ2v) is 20.6. The molecule has 0 bridgehead atoms. The monoisotopic (exact) mass is 883 g/mol. The molecule has 0 aromatic carbocycles. The molecule has 0 fully saturated rings. The van der Waals surface area contributed by atoms with Crippen LogP contribution in [0.25, 0.3) is 0 Å². The molecule has 0 rings (SSSR count). The largest absolute Gasteiger partial charge is 0.756 e. The fourth-order valence-corrected chi connectivity index (χ4v) is 8.46. The molecule has 0 spiro atoms. The van der Waals surface area contributed by atoms with E-state index in [1.54, 1.807) is 6.08 Å². The van der Waals surface area contributed by atoms with Crippen LogP contribution in [-0.2, 0) is 18.4 Å². The summed E-state index contributed by atoms with van der Waals surface area (Å²) in [5.74, 6) is -0.199. The van der Waals surface area contributed by atoms with Crippen LogP contribution in [-0.4, -0.2) is 68.5 Å². The number of carbonyl (C=O) groups is 1. The number of rotatable bonds is 48. The van der Waals surface area contributed by atoms with Gasteiger partial charge in [0.25, 0.3) is 7.82 Å². The molecule has 3 unspecified atom stereocenters. The number of nitrogens with zero attached hydrogens (tertiary/aromatic N) is 1. The van der Waals surface area contributed by atoms with Gasteiger partial charge in [-0.2, -0.15) is 0 Å². The van der Waals surface area contributed by atoms with Crippen LogP contribution >= 0.6 is 7.82 Å². The van der Waals surface area contributed by atoms with Gasteiger partial charge in [-0.3, -0.25) is 9.36 Å². The molecule has 1 amide bonds. The molecule has 0 radical (unpaired) electrons. The van der Waals surface area contributed by atoms with Crippen molar-refractivity contribution in [2.24, 2.45) is 0 Å². The van der Waals surface area contributed by atoms with E-state index in [1.807, 2.05) is 27.2 Å². The lowest BCUT2D eigenvalue weighted by molar-refractivity contribution is -0.870. The Hall–Kier alpha value is -1.02. The van der Waals surface area contributed by atoms with Crippen molar-refractivity contribution in [3.8, 4) is 0 Å². The summed E-state index contributed by atoms with van der Waals surface area (Å²) in [6.07, 6.45) is 54.5. The van der Waals surface area contributed by atoms with Crippen LogP contribution in [0, 0.1) is 0 Å². The lowest BCUT2D eigenvalue weighted by Crippen LogP contribution is -2.45. The first-order valence-electron chi connectivity index (χ1n) is 26.2. The standard InChI is InChI=1S/C52H103N2O6P/c1-6-8-10-12-14-15-16-17-18-19-20-21-22-23-24-25-26-27-28-29-30-31-32-33-34-35-36-37-38-39-40-42-44-46-52(56)53-50(51(55)45-43-41-13-11-9-7-2)49-60-61(57,58)59-48-47-54(3,4)5/h19-20,43,45,50-51,55H,6-18,21-42,44,46-49H2,1-5H3,(H-,53,56,57,58)/b20-19-,45-43+. The highest BCUT2D eigenvalue weighted by atomic mass is 31.2. The van der Waals surface area contributed by atoms with E-state index in [1.165, 1.54) is 186 Å². The van der Waals surface area contributed by atoms with Gasteiger partial charge in [-0.05, 0) is 44.9 Å². The summed E-state index contributed by atoms with van der Waals surface area (Å²) in [6.45, 7) is 4.58. The number of phosphoric ester groups is 1. The van der Waals surface area contributed by atoms with Crippen molar-refractivity contribution in [2.45, 2.75) is 264 Å². The SMILES string of the molecule is CCCCCC/C=C/C(O)C(COP(=O)([O-])OCC[N+](C)(C)C)NC(=O)CCCCCCCCCCCCCCCCCCCCCCC/C=C\CCCCCCCCCC. The average molecular weight is 883 g/mol. The third-order valence-electron chi connectivity index (χ3n) is 11.9. The van der Waals surface area contributed by atoms with Crippen molar-refractivity contribution in [3.05, 3.63) is 24.3 Å². The zero-order valence-corrected chi connectivity index (χ0v) is 42.0. The van der Waals surface area contributed by atoms with Gasteiger partial charge in [0.05, 0.1) is 39.9 Å². The highest BCUT2D eigenvalue weighted by Crippen LogP contribution is 2.38. The number of nitrogens with one attached hydrogen (secondary N) is 1. The van der Waals surface area contributed by atoms with E-state index < -0.39 is 20.0 Å². The number of carbonyl (C=O) groups excluding carboxylic acids is 1. The van der Waals surface area contributed by atoms with Crippen molar-refractivity contribution in [3.63, 3.8) is 0 Å². The van der Waals surface area contributed by atoms with Crippen LogP contribution in [0.3, 0.4) is 0 Å². The maximum Gasteiger partial charge on any atom is 0.268 e. The Labute approximate surface area is 379 Å². The van der Waals surface area contributed by atoms with Gasteiger partial charge in [0.1, 0.15) is 13.2 Å². The minimum atomic E-state index is -4.57. The van der Waals surface area contributed by atoms with Crippen molar-refractivity contribution in [1.82, 2.24) is 5.32 Å². The molecule has 61 heavy (non-hydrogen) atoms. The predicted octanol–water partition coefficient (Wildman–Crippen LogP) is 14.6. The molecule has 0 aromatic heterocycles. The van der Waals surface area contributed by atoms with E-state index in [4.69, 9.17) is 9.05 Å². The Morgan fingerprint density at radius 1 is 0.557 bits per heavy atom. The van der Waals surface area contributed by atoms with Crippen molar-refractivity contribution in [1.29, 1.82) is 0 Å². The minimum Gasteiger partial charge on any atom is -0.756 e. The zero-order valence-electron chi connectivity index (χ0n) is 41.1. The number of aliphatic hydroxyl groups excluding tert-OH is 1. The number of allylic oxidation sites excluding steroid dienone is 3. The molecule has 8 nitrogen and oxygen atoms in total. The summed E-state index contributed by atoms with van der Waals surface area (Å²) in [4.78, 5) is 25.2. The van der Waals surface area contributed by atoms with E-state index in [0.717, 1.165) is 44.9 Å². The van der Waals surface area contributed by atoms with Gasteiger partial charge in [-0.1, -0.05) is 224 Å². The molecule has 0 heterocycles. The summed E-state index contributed by atoms with van der Waals surface area (Å²) in [5.41, 5.74) is 0. The van der Waals surface area contributed by atoms with Gasteiger partial charge in [0.15, 0.2) is 0 Å². The van der Waals surface area contributed by atoms with Gasteiger partial charge in [0.2, 0.25) is 5.91 Å². The highest BCUT2D eigenvalue weighted by Gasteiger charge is 2.23. The Kier molecular flexibility index (Phi) is 43.5. The second-order valence-electron chi connectivity index (χ2n) is 19.2. The lowest BCUT2D eigenvalue weighted by Gasteiger charge is -2.29. The maximum absolute atomic E-state index is 12.8. The fraction of sp³-hybridized carbons (Fsp3) is 0.904. The van der Waals surface area contributed by atoms with Gasteiger partial charge in [0, 0.05) is 6.42 Å². The van der Waals surface area contributed by atoms with Crippen molar-refractivity contribution in [2.75, 3.05) is 40.9 Å². The number of unbranched alkanes of at least 4 members (excludes halogenated alkanes) is 33. The highest BCUT2D eigenvalue weighted by molar-refractivity contribution is 7.45. The van der Waals surface area contributed by atoms with Gasteiger partial charge in [-0.25, -0.2) is 0 Å². The molecule has 0 saturated carbocycles. The molecule has 0 aromatic rings. The summed E-state index contributed by atoms with van der Waals surface area (Å²) in [5, 5.41) is 13.6. The predicted molar refractivity (Wildman–Crippen MR) is 261 cm³/mol. The smallest absolute Gasteiger partial charge is 0.268 e. The van der Waals surface area contributed by atoms with Crippen LogP contribution in [0.2, 0.25) is 0 Å². The summed E-state index contributed by atoms with van der Waals surface area (Å²) in [7, 11) is 1.26. The number of aliphatic hydroxyl groups is 1. The maximum atomic E-state index is 12.8. The molecule has 2 N–H and O–H groups in total. The van der Waals surface area contributed by atoms with Crippen LogP contribution in [0.1, 0.15) is 251 Å². The first-order valence-corrected chi connectivity index (χ1v) is 27.7. The van der Waals surface area contributed by atoms with Gasteiger partial charge >= 0.3 is 0 Å². The number of phosphoric acid groups is 1. The van der Waals surface area contributed by atoms with Crippen molar-refractivity contribution >= 4 is 13.7 Å². The lowest BCUT2D eigenvalue weighted by atomic mass is 10.0. The van der Waals surface area contributed by atoms with E-state index in [0.29, 0.717) is 17.4 Å². The Balaban J connectivity index is 3.80. The molecule has 0 aliphatic carbocycles. The first kappa shape index (κ1) is 60.0. The van der Waals surface area contributed by atoms with Crippen LogP contribution in [0.15, 0.2) is 24.3 Å². The number of quaternary nitrogens is 1. The number of hydrogen-bond acceptors (Lipinski definition) is 6. The van der Waals surface area contributed by atoms with E-state index in [-0.39, 0.29) is 19.1 Å². The van der Waals surface area contributed by atoms with Crippen LogP contribution in [0.5, 0.6) is 0 Å². The fourth-order valence-electron chi connectivity index (χ4n) is 7.74. The van der Waals surface area contributed by atoms with Gasteiger partial charge in [-0.15, -0.1) is 0 Å². The third kappa shape index (κ3) is 46.8. The average Bonchev–Trinajstić information content (AvgIpc) is 3.21. The molecular weight excluding hydrogens is 780 g/mol. The number of amides is 1. The molecule has 3 atom stereocenters. The molecule has 362 valence electrons. The van der Waals surface area contributed by atoms with Crippen LogP contribution in [0.4, 0.5) is 0 Å². The Morgan fingerprint density at radius 2 is 0.902 bits per heavy atom. The minimum absolute atomic E-state index is 0.000290. The summed E-state index contributed by atoms with van der Waals surface area (Å²) < 4.78 is 23.1. The normalized spacial score (nSPS) is 14.3. The quantitative estimate of drug-likeness (QED) is 0.0273. The number of hydrogen-bond donors (Lipinski definition) is 2. The second kappa shape index (κ2) is 44.2. The first-order chi connectivity index (χ1) is 29.5. The Bertz CT molecular complexity index is 1050. The molecule has 0 aliphatic rings. The molecular formula is C52H103N2O6P. The summed E-state index contributed by atoms with van der Waals surface area (Å²) >= 11 is 0. The van der Waals surface area contributed by atoms with Crippen molar-refractivity contribution < 1.29 is 32.9 Å². The molecule has 0 saturated heterocycles. The van der Waals surface area contributed by atoms with E-state index >= 15 is 0 Å². The Morgan fingerprint density at radius 3 is 1.30 bits per heavy atom. The van der Waals surface area contributed by atoms with E-state index in [9.17, 15) is 19.4 Å². The third-order valence-corrected chi connectivity index (χ3v) is 12.9. The summed E-state index contributed by atoms with van der Waals surface area (Å²) in [6, 6.07) is -0.879. The zero-order chi connectivity index (χ0) is 45.0. The molecule has 9 heteroatoms. The number of likely N-dealkylation sites (N-methyl/N-ethyl adjacent to an activating group) is 1. The van der Waals surface area contributed by atoms with Crippen LogP contribution < -0.4 is 10.2 Å². The topological polar surface area (TPSA) is 108 Å².